The summed E-state index contributed by atoms with van der Waals surface area (Å²) in [5, 5.41) is 3.36. The smallest absolute Gasteiger partial charge is 0.227 e. The quantitative estimate of drug-likeness (QED) is 0.815. The number of likely N-dealkylation sites (tertiary alicyclic amines) is 1. The number of fused-ring (bicyclic) bond motifs is 1. The van der Waals surface area contributed by atoms with E-state index in [1.165, 1.54) is 60.8 Å². The van der Waals surface area contributed by atoms with E-state index in [0.29, 0.717) is 18.5 Å². The molecule has 1 aliphatic heterocycles. The Labute approximate surface area is 154 Å². The van der Waals surface area contributed by atoms with Gasteiger partial charge in [-0.25, -0.2) is 0 Å². The Hall–Kier alpha value is -1.39. The van der Waals surface area contributed by atoms with Gasteiger partial charge in [-0.05, 0) is 67.2 Å². The third-order valence-electron chi connectivity index (χ3n) is 6.12. The fourth-order valence-corrected chi connectivity index (χ4v) is 5.56. The maximum absolute atomic E-state index is 13.0. The van der Waals surface area contributed by atoms with Gasteiger partial charge in [-0.2, -0.15) is 0 Å². The van der Waals surface area contributed by atoms with E-state index in [9.17, 15) is 4.79 Å². The Morgan fingerprint density at radius 2 is 1.96 bits per heavy atom. The van der Waals surface area contributed by atoms with Crippen molar-refractivity contribution in [2.45, 2.75) is 57.0 Å². The first kappa shape index (κ1) is 17.0. The van der Waals surface area contributed by atoms with Gasteiger partial charge in [-0.3, -0.25) is 9.69 Å². The third kappa shape index (κ3) is 3.47. The fraction of sp³-hybridized carbons (Fsp3) is 0.571. The second-order valence-corrected chi connectivity index (χ2v) is 8.54. The number of hydrogen-bond acceptors (Lipinski definition) is 3. The van der Waals surface area contributed by atoms with Gasteiger partial charge < -0.3 is 4.90 Å². The van der Waals surface area contributed by atoms with Crippen LogP contribution in [-0.2, 0) is 11.2 Å². The number of rotatable bonds is 4. The van der Waals surface area contributed by atoms with Gasteiger partial charge in [0.2, 0.25) is 5.91 Å². The highest BCUT2D eigenvalue weighted by atomic mass is 32.1. The van der Waals surface area contributed by atoms with Crippen molar-refractivity contribution < 1.29 is 4.79 Å². The molecule has 1 saturated heterocycles. The van der Waals surface area contributed by atoms with E-state index in [1.807, 2.05) is 7.05 Å². The highest BCUT2D eigenvalue weighted by Gasteiger charge is 2.35. The lowest BCUT2D eigenvalue weighted by Crippen LogP contribution is -2.53. The van der Waals surface area contributed by atoms with Crippen molar-refractivity contribution in [1.29, 1.82) is 0 Å². The number of carbonyl (C=O) groups is 1. The monoisotopic (exact) mass is 356 g/mol. The number of hydrogen-bond donors (Lipinski definition) is 0. The summed E-state index contributed by atoms with van der Waals surface area (Å²) in [6.07, 6.45) is 8.14. The summed E-state index contributed by atoms with van der Waals surface area (Å²) < 4.78 is 1.28. The average molecular weight is 357 g/mol. The number of benzene rings is 1. The molecule has 4 heteroatoms. The second-order valence-electron chi connectivity index (χ2n) is 7.59. The van der Waals surface area contributed by atoms with Crippen molar-refractivity contribution >= 4 is 27.3 Å². The Kier molecular flexibility index (Phi) is 5.09. The molecule has 0 spiro atoms. The van der Waals surface area contributed by atoms with Crippen LogP contribution >= 0.6 is 11.3 Å². The van der Waals surface area contributed by atoms with Crippen LogP contribution in [0.4, 0.5) is 0 Å². The van der Waals surface area contributed by atoms with Gasteiger partial charge in [0.15, 0.2) is 0 Å². The van der Waals surface area contributed by atoms with E-state index in [2.05, 4.69) is 39.4 Å². The van der Waals surface area contributed by atoms with Crippen molar-refractivity contribution in [1.82, 2.24) is 9.80 Å². The van der Waals surface area contributed by atoms with Crippen LogP contribution in [0.2, 0.25) is 0 Å². The van der Waals surface area contributed by atoms with Crippen LogP contribution < -0.4 is 0 Å². The molecular formula is C21H28N2OS. The van der Waals surface area contributed by atoms with Crippen LogP contribution in [0.25, 0.3) is 10.1 Å². The predicted octanol–water partition coefficient (Wildman–Crippen LogP) is 4.31. The number of likely N-dealkylation sites (N-methyl/N-ethyl adjacent to an activating group) is 1. The van der Waals surface area contributed by atoms with Crippen LogP contribution in [0.1, 0.15) is 44.1 Å². The largest absolute Gasteiger partial charge is 0.341 e. The summed E-state index contributed by atoms with van der Waals surface area (Å²) >= 11 is 1.75. The zero-order valence-electron chi connectivity index (χ0n) is 15.1. The molecular weight excluding hydrogens is 328 g/mol. The molecule has 1 aromatic heterocycles. The van der Waals surface area contributed by atoms with E-state index < -0.39 is 0 Å². The third-order valence-corrected chi connectivity index (χ3v) is 7.00. The first-order valence-electron chi connectivity index (χ1n) is 9.69. The minimum atomic E-state index is 0.273. The Morgan fingerprint density at radius 3 is 2.80 bits per heavy atom. The molecule has 1 saturated carbocycles. The maximum Gasteiger partial charge on any atom is 0.227 e. The fourth-order valence-electron chi connectivity index (χ4n) is 4.73. The molecule has 1 amide bonds. The standard InChI is InChI=1S/C21H28N2OS/c1-22(18-8-2-3-9-19(18)23-12-4-5-13-23)21(24)15-16-7-6-10-20-17(16)11-14-25-20/h6-7,10-11,14,18-19H,2-5,8-9,12-13,15H2,1H3/t18?,19-/m1/s1. The molecule has 3 nitrogen and oxygen atoms in total. The Balaban J connectivity index is 1.49. The van der Waals surface area contributed by atoms with Gasteiger partial charge in [0.05, 0.1) is 6.42 Å². The van der Waals surface area contributed by atoms with E-state index in [4.69, 9.17) is 0 Å². The molecule has 2 aromatic rings. The summed E-state index contributed by atoms with van der Waals surface area (Å²) in [6.45, 7) is 2.44. The Morgan fingerprint density at radius 1 is 1.16 bits per heavy atom. The number of carbonyl (C=O) groups excluding carboxylic acids is 1. The lowest BCUT2D eigenvalue weighted by Gasteiger charge is -2.42. The first-order valence-corrected chi connectivity index (χ1v) is 10.6. The van der Waals surface area contributed by atoms with Gasteiger partial charge in [0.1, 0.15) is 0 Å². The van der Waals surface area contributed by atoms with Crippen molar-refractivity contribution in [3.8, 4) is 0 Å². The van der Waals surface area contributed by atoms with Crippen LogP contribution in [-0.4, -0.2) is 47.9 Å². The van der Waals surface area contributed by atoms with Crippen LogP contribution in [0, 0.1) is 0 Å². The molecule has 0 radical (unpaired) electrons. The molecule has 0 bridgehead atoms. The van der Waals surface area contributed by atoms with E-state index in [0.717, 1.165) is 6.42 Å². The zero-order valence-corrected chi connectivity index (χ0v) is 15.9. The molecule has 2 aliphatic rings. The lowest BCUT2D eigenvalue weighted by molar-refractivity contribution is -0.133. The molecule has 1 aliphatic carbocycles. The predicted molar refractivity (Wildman–Crippen MR) is 105 cm³/mol. The summed E-state index contributed by atoms with van der Waals surface area (Å²) in [5.41, 5.74) is 1.17. The molecule has 25 heavy (non-hydrogen) atoms. The SMILES string of the molecule is CN(C(=O)Cc1cccc2sccc12)C1CCCC[C@H]1N1CCCC1. The molecule has 2 atom stereocenters. The summed E-state index contributed by atoms with van der Waals surface area (Å²) in [4.78, 5) is 17.8. The van der Waals surface area contributed by atoms with Crippen LogP contribution in [0.15, 0.2) is 29.6 Å². The van der Waals surface area contributed by atoms with Gasteiger partial charge >= 0.3 is 0 Å². The Bertz CT molecular complexity index is 734. The van der Waals surface area contributed by atoms with Crippen molar-refractivity contribution in [3.63, 3.8) is 0 Å². The number of nitrogens with zero attached hydrogens (tertiary/aromatic N) is 2. The molecule has 2 fully saturated rings. The van der Waals surface area contributed by atoms with Gasteiger partial charge in [0, 0.05) is 23.8 Å². The summed E-state index contributed by atoms with van der Waals surface area (Å²) in [6, 6.07) is 9.44. The van der Waals surface area contributed by atoms with E-state index in [-0.39, 0.29) is 5.91 Å². The van der Waals surface area contributed by atoms with Crippen LogP contribution in [0.5, 0.6) is 0 Å². The maximum atomic E-state index is 13.0. The molecule has 1 aromatic carbocycles. The van der Waals surface area contributed by atoms with Crippen molar-refractivity contribution in [2.75, 3.05) is 20.1 Å². The highest BCUT2D eigenvalue weighted by molar-refractivity contribution is 7.17. The van der Waals surface area contributed by atoms with Gasteiger partial charge in [0.25, 0.3) is 0 Å². The van der Waals surface area contributed by atoms with Gasteiger partial charge in [-0.15, -0.1) is 11.3 Å². The summed E-state index contributed by atoms with van der Waals surface area (Å²) in [7, 11) is 2.04. The number of amides is 1. The van der Waals surface area contributed by atoms with Crippen molar-refractivity contribution in [3.05, 3.63) is 35.2 Å². The molecule has 2 heterocycles. The minimum absolute atomic E-state index is 0.273. The van der Waals surface area contributed by atoms with Crippen LogP contribution in [0.3, 0.4) is 0 Å². The van der Waals surface area contributed by atoms with Gasteiger partial charge in [-0.1, -0.05) is 25.0 Å². The topological polar surface area (TPSA) is 23.6 Å². The first-order chi connectivity index (χ1) is 12.2. The molecule has 4 rings (SSSR count). The summed E-state index contributed by atoms with van der Waals surface area (Å²) in [5.74, 6) is 0.273. The van der Waals surface area contributed by atoms with E-state index in [1.54, 1.807) is 11.3 Å². The molecule has 134 valence electrons. The molecule has 0 N–H and O–H groups in total. The number of thiophene rings is 1. The van der Waals surface area contributed by atoms with E-state index >= 15 is 0 Å². The molecule has 1 unspecified atom stereocenters. The second kappa shape index (κ2) is 7.46. The van der Waals surface area contributed by atoms with Crippen molar-refractivity contribution in [2.24, 2.45) is 0 Å². The zero-order chi connectivity index (χ0) is 17.2. The lowest BCUT2D eigenvalue weighted by atomic mass is 9.88. The highest BCUT2D eigenvalue weighted by Crippen LogP contribution is 2.30. The normalized spacial score (nSPS) is 24.7. The average Bonchev–Trinajstić information content (AvgIpc) is 3.33. The minimum Gasteiger partial charge on any atom is -0.341 e.